The molecule has 2 N–H and O–H groups in total. The largest absolute Gasteiger partial charge is 0.490 e. The number of hydrogen-bond donors (Lipinski definition) is 2. The molecule has 8 heteroatoms. The Labute approximate surface area is 204 Å². The number of halogens is 1. The molecule has 0 amide bonds. The highest BCUT2D eigenvalue weighted by Gasteiger charge is 2.34. The number of methoxy groups -OCH3 is 1. The van der Waals surface area contributed by atoms with Crippen molar-refractivity contribution in [2.24, 2.45) is 0 Å². The van der Waals surface area contributed by atoms with E-state index in [-0.39, 0.29) is 6.61 Å². The predicted octanol–water partition coefficient (Wildman–Crippen LogP) is 5.19. The molecule has 4 rings (SSSR count). The SMILES string of the molecule is COC(=O)[C@@H](OC(C)(C)C)c1c(C)nc2cc(CO)ccc2c1-c1ccc2c(c1Cl)NCCO2. The Balaban J connectivity index is 2.08. The molecule has 7 nitrogen and oxygen atoms in total. The van der Waals surface area contributed by atoms with Gasteiger partial charge in [0, 0.05) is 34.3 Å². The van der Waals surface area contributed by atoms with Crippen molar-refractivity contribution in [1.29, 1.82) is 0 Å². The second-order valence-corrected chi connectivity index (χ2v) is 9.58. The van der Waals surface area contributed by atoms with Crippen LogP contribution in [0, 0.1) is 6.92 Å². The number of benzene rings is 2. The number of rotatable bonds is 5. The number of aryl methyl sites for hydroxylation is 1. The van der Waals surface area contributed by atoms with E-state index in [1.165, 1.54) is 7.11 Å². The number of nitrogens with zero attached hydrogens (tertiary/aromatic N) is 1. The molecule has 2 aromatic carbocycles. The summed E-state index contributed by atoms with van der Waals surface area (Å²) in [5.74, 6) is 0.151. The third kappa shape index (κ3) is 4.56. The number of nitrogens with one attached hydrogen (secondary N) is 1. The van der Waals surface area contributed by atoms with Gasteiger partial charge >= 0.3 is 5.97 Å². The number of ether oxygens (including phenoxy) is 3. The molecule has 1 aliphatic rings. The van der Waals surface area contributed by atoms with Crippen LogP contribution >= 0.6 is 11.6 Å². The lowest BCUT2D eigenvalue weighted by Gasteiger charge is -2.29. The fraction of sp³-hybridized carbons (Fsp3) is 0.385. The van der Waals surface area contributed by atoms with Crippen molar-refractivity contribution in [3.05, 3.63) is 52.2 Å². The average molecular weight is 485 g/mol. The van der Waals surface area contributed by atoms with Gasteiger partial charge in [0.1, 0.15) is 12.4 Å². The second kappa shape index (κ2) is 9.41. The summed E-state index contributed by atoms with van der Waals surface area (Å²) in [5.41, 5.74) is 4.13. The number of pyridine rings is 1. The number of carbonyl (C=O) groups is 1. The quantitative estimate of drug-likeness (QED) is 0.481. The number of fused-ring (bicyclic) bond motifs is 2. The van der Waals surface area contributed by atoms with Crippen LogP contribution in [0.2, 0.25) is 5.02 Å². The predicted molar refractivity (Wildman–Crippen MR) is 132 cm³/mol. The molecule has 0 unspecified atom stereocenters. The van der Waals surface area contributed by atoms with Gasteiger partial charge in [-0.3, -0.25) is 4.98 Å². The molecule has 2 heterocycles. The third-order valence-corrected chi connectivity index (χ3v) is 6.04. The van der Waals surface area contributed by atoms with E-state index in [0.29, 0.717) is 51.9 Å². The fourth-order valence-electron chi connectivity index (χ4n) is 4.22. The number of aromatic nitrogens is 1. The van der Waals surface area contributed by atoms with E-state index in [0.717, 1.165) is 16.5 Å². The molecule has 34 heavy (non-hydrogen) atoms. The Morgan fingerprint density at radius 1 is 1.29 bits per heavy atom. The fourth-order valence-corrected chi connectivity index (χ4v) is 4.53. The lowest BCUT2D eigenvalue weighted by Crippen LogP contribution is -2.29. The zero-order chi connectivity index (χ0) is 24.6. The molecule has 0 saturated heterocycles. The van der Waals surface area contributed by atoms with Crippen LogP contribution in [-0.4, -0.2) is 41.9 Å². The standard InChI is InChI=1S/C26H29ClN2O5/c1-14-20(24(25(31)32-5)34-26(2,3)4)21(16-7-6-15(13-30)12-18(16)29-14)17-8-9-19-23(22(17)27)28-10-11-33-19/h6-9,12,24,28,30H,10-11,13H2,1-5H3/t24-/m0/s1. The summed E-state index contributed by atoms with van der Waals surface area (Å²) in [5, 5.41) is 14.2. The zero-order valence-electron chi connectivity index (χ0n) is 20.0. The van der Waals surface area contributed by atoms with Gasteiger partial charge in [0.2, 0.25) is 0 Å². The minimum absolute atomic E-state index is 0.105. The minimum atomic E-state index is -1.02. The normalized spacial score (nSPS) is 14.2. The Morgan fingerprint density at radius 2 is 2.06 bits per heavy atom. The highest BCUT2D eigenvalue weighted by atomic mass is 35.5. The highest BCUT2D eigenvalue weighted by molar-refractivity contribution is 6.37. The van der Waals surface area contributed by atoms with Crippen LogP contribution in [0.1, 0.15) is 43.7 Å². The van der Waals surface area contributed by atoms with E-state index >= 15 is 0 Å². The first-order valence-electron chi connectivity index (χ1n) is 11.1. The van der Waals surface area contributed by atoms with Gasteiger partial charge in [-0.2, -0.15) is 0 Å². The van der Waals surface area contributed by atoms with Gasteiger partial charge in [-0.1, -0.05) is 23.7 Å². The van der Waals surface area contributed by atoms with Crippen LogP contribution < -0.4 is 10.1 Å². The van der Waals surface area contributed by atoms with Crippen LogP contribution in [0.4, 0.5) is 5.69 Å². The average Bonchev–Trinajstić information content (AvgIpc) is 2.81. The van der Waals surface area contributed by atoms with Crippen molar-refractivity contribution in [2.45, 2.75) is 46.0 Å². The molecule has 1 aliphatic heterocycles. The third-order valence-electron chi connectivity index (χ3n) is 5.64. The maximum atomic E-state index is 13.0. The summed E-state index contributed by atoms with van der Waals surface area (Å²) >= 11 is 6.94. The summed E-state index contributed by atoms with van der Waals surface area (Å²) in [6.45, 7) is 8.56. The van der Waals surface area contributed by atoms with Crippen molar-refractivity contribution in [2.75, 3.05) is 25.6 Å². The molecule has 0 bridgehead atoms. The Hall–Kier alpha value is -2.87. The van der Waals surface area contributed by atoms with E-state index in [4.69, 9.17) is 30.8 Å². The molecule has 0 spiro atoms. The monoisotopic (exact) mass is 484 g/mol. The molecule has 1 aromatic heterocycles. The first-order chi connectivity index (χ1) is 16.1. The van der Waals surface area contributed by atoms with Crippen molar-refractivity contribution in [1.82, 2.24) is 4.98 Å². The lowest BCUT2D eigenvalue weighted by molar-refractivity contribution is -0.164. The van der Waals surface area contributed by atoms with Crippen molar-refractivity contribution in [3.63, 3.8) is 0 Å². The number of hydrogen-bond acceptors (Lipinski definition) is 7. The van der Waals surface area contributed by atoms with Crippen LogP contribution in [0.25, 0.3) is 22.0 Å². The molecule has 0 radical (unpaired) electrons. The van der Waals surface area contributed by atoms with Gasteiger partial charge in [0.25, 0.3) is 0 Å². The van der Waals surface area contributed by atoms with Gasteiger partial charge in [0.05, 0.1) is 35.5 Å². The second-order valence-electron chi connectivity index (χ2n) is 9.20. The van der Waals surface area contributed by atoms with Crippen LogP contribution in [0.15, 0.2) is 30.3 Å². The number of aliphatic hydroxyl groups excluding tert-OH is 1. The molecule has 180 valence electrons. The maximum Gasteiger partial charge on any atom is 0.339 e. The summed E-state index contributed by atoms with van der Waals surface area (Å²) < 4.78 is 17.1. The molecular weight excluding hydrogens is 456 g/mol. The molecular formula is C26H29ClN2O5. The van der Waals surface area contributed by atoms with E-state index < -0.39 is 17.7 Å². The zero-order valence-corrected chi connectivity index (χ0v) is 20.7. The van der Waals surface area contributed by atoms with Crippen LogP contribution in [0.3, 0.4) is 0 Å². The van der Waals surface area contributed by atoms with Crippen molar-refractivity contribution < 1.29 is 24.1 Å². The van der Waals surface area contributed by atoms with Crippen molar-refractivity contribution >= 4 is 34.2 Å². The lowest BCUT2D eigenvalue weighted by atomic mass is 9.90. The first-order valence-corrected chi connectivity index (χ1v) is 11.5. The van der Waals surface area contributed by atoms with Gasteiger partial charge in [-0.05, 0) is 51.5 Å². The number of anilines is 1. The first kappa shape index (κ1) is 24.3. The number of esters is 1. The number of carbonyl (C=O) groups excluding carboxylic acids is 1. The van der Waals surface area contributed by atoms with E-state index in [1.54, 1.807) is 0 Å². The van der Waals surface area contributed by atoms with Gasteiger partial charge < -0.3 is 24.6 Å². The van der Waals surface area contributed by atoms with Gasteiger partial charge in [-0.25, -0.2) is 4.79 Å². The molecule has 3 aromatic rings. The Bertz CT molecular complexity index is 1250. The minimum Gasteiger partial charge on any atom is -0.490 e. The maximum absolute atomic E-state index is 13.0. The summed E-state index contributed by atoms with van der Waals surface area (Å²) in [4.78, 5) is 17.8. The molecule has 0 fully saturated rings. The van der Waals surface area contributed by atoms with Gasteiger partial charge in [-0.15, -0.1) is 0 Å². The van der Waals surface area contributed by atoms with E-state index in [2.05, 4.69) is 5.32 Å². The summed E-state index contributed by atoms with van der Waals surface area (Å²) in [6.07, 6.45) is -1.02. The van der Waals surface area contributed by atoms with E-state index in [1.807, 2.05) is 58.0 Å². The smallest absolute Gasteiger partial charge is 0.339 e. The topological polar surface area (TPSA) is 89.9 Å². The Morgan fingerprint density at radius 3 is 2.74 bits per heavy atom. The van der Waals surface area contributed by atoms with E-state index in [9.17, 15) is 9.90 Å². The van der Waals surface area contributed by atoms with Crippen LogP contribution in [0.5, 0.6) is 5.75 Å². The Kier molecular flexibility index (Phi) is 6.71. The summed E-state index contributed by atoms with van der Waals surface area (Å²) in [6, 6.07) is 9.31. The molecule has 0 aliphatic carbocycles. The van der Waals surface area contributed by atoms with Gasteiger partial charge in [0.15, 0.2) is 6.10 Å². The molecule has 1 atom stereocenters. The summed E-state index contributed by atoms with van der Waals surface area (Å²) in [7, 11) is 1.34. The van der Waals surface area contributed by atoms with Crippen molar-refractivity contribution in [3.8, 4) is 16.9 Å². The number of aliphatic hydroxyl groups is 1. The highest BCUT2D eigenvalue weighted by Crippen LogP contribution is 2.47. The molecule has 0 saturated carbocycles. The van der Waals surface area contributed by atoms with Crippen LogP contribution in [-0.2, 0) is 20.9 Å².